The summed E-state index contributed by atoms with van der Waals surface area (Å²) in [5, 5.41) is 12.2. The van der Waals surface area contributed by atoms with Crippen molar-refractivity contribution in [3.05, 3.63) is 57.8 Å². The van der Waals surface area contributed by atoms with Gasteiger partial charge in [-0.05, 0) is 30.3 Å². The number of halogens is 2. The molecule has 0 saturated carbocycles. The van der Waals surface area contributed by atoms with Crippen LogP contribution >= 0.6 is 23.2 Å². The van der Waals surface area contributed by atoms with E-state index in [2.05, 4.69) is 10.3 Å². The first-order valence-electron chi connectivity index (χ1n) is 5.22. The van der Waals surface area contributed by atoms with Crippen molar-refractivity contribution in [3.63, 3.8) is 0 Å². The summed E-state index contributed by atoms with van der Waals surface area (Å²) in [4.78, 5) is 15.8. The van der Waals surface area contributed by atoms with E-state index < -0.39 is 0 Å². The molecule has 1 aromatic heterocycles. The normalized spacial score (nSPS) is 9.74. The van der Waals surface area contributed by atoms with E-state index in [-0.39, 0.29) is 11.6 Å². The van der Waals surface area contributed by atoms with Crippen LogP contribution in [0.2, 0.25) is 10.0 Å². The van der Waals surface area contributed by atoms with Crippen LogP contribution in [0, 0.1) is 11.3 Å². The standard InChI is InChI=1S/C13H7Cl2N3O/c14-9-1-2-12(11(15)6-9)18-13(19)8-3-4-17-10(5-8)7-16/h1-6H,(H,18,19). The molecule has 2 aromatic rings. The number of hydrogen-bond acceptors (Lipinski definition) is 3. The maximum atomic E-state index is 12.0. The topological polar surface area (TPSA) is 65.8 Å². The van der Waals surface area contributed by atoms with Gasteiger partial charge in [0.1, 0.15) is 11.8 Å². The Kier molecular flexibility index (Phi) is 4.00. The molecule has 0 bridgehead atoms. The molecule has 0 saturated heterocycles. The summed E-state index contributed by atoms with van der Waals surface area (Å²) in [6.45, 7) is 0. The molecule has 1 N–H and O–H groups in total. The highest BCUT2D eigenvalue weighted by molar-refractivity contribution is 6.36. The minimum Gasteiger partial charge on any atom is -0.321 e. The third-order valence-corrected chi connectivity index (χ3v) is 2.86. The lowest BCUT2D eigenvalue weighted by Crippen LogP contribution is -2.12. The number of anilines is 1. The second kappa shape index (κ2) is 5.70. The van der Waals surface area contributed by atoms with Gasteiger partial charge in [-0.3, -0.25) is 4.79 Å². The minimum atomic E-state index is -0.372. The summed E-state index contributed by atoms with van der Waals surface area (Å²) in [5.41, 5.74) is 0.957. The number of rotatable bonds is 2. The average molecular weight is 292 g/mol. The molecule has 0 atom stereocenters. The second-order valence-electron chi connectivity index (χ2n) is 3.62. The number of aromatic nitrogens is 1. The largest absolute Gasteiger partial charge is 0.321 e. The Hall–Kier alpha value is -2.09. The van der Waals surface area contributed by atoms with E-state index >= 15 is 0 Å². The van der Waals surface area contributed by atoms with Crippen LogP contribution in [0.15, 0.2) is 36.5 Å². The van der Waals surface area contributed by atoms with Gasteiger partial charge in [-0.2, -0.15) is 5.26 Å². The summed E-state index contributed by atoms with van der Waals surface area (Å²) in [5.74, 6) is -0.372. The monoisotopic (exact) mass is 291 g/mol. The molecule has 0 aliphatic rings. The molecular weight excluding hydrogens is 285 g/mol. The number of carbonyl (C=O) groups is 1. The first kappa shape index (κ1) is 13.3. The van der Waals surface area contributed by atoms with Crippen molar-refractivity contribution in [1.82, 2.24) is 4.98 Å². The van der Waals surface area contributed by atoms with Gasteiger partial charge in [-0.15, -0.1) is 0 Å². The van der Waals surface area contributed by atoms with Crippen LogP contribution in [0.25, 0.3) is 0 Å². The molecule has 1 heterocycles. The predicted molar refractivity (Wildman–Crippen MR) is 73.4 cm³/mol. The smallest absolute Gasteiger partial charge is 0.255 e. The number of amides is 1. The lowest BCUT2D eigenvalue weighted by molar-refractivity contribution is 0.102. The summed E-state index contributed by atoms with van der Waals surface area (Å²) in [6, 6.07) is 9.55. The van der Waals surface area contributed by atoms with Crippen molar-refractivity contribution in [2.24, 2.45) is 0 Å². The molecule has 1 amide bonds. The van der Waals surface area contributed by atoms with E-state index in [1.54, 1.807) is 12.1 Å². The van der Waals surface area contributed by atoms with Gasteiger partial charge in [-0.1, -0.05) is 23.2 Å². The van der Waals surface area contributed by atoms with Gasteiger partial charge in [0.15, 0.2) is 0 Å². The molecule has 1 aromatic carbocycles. The maximum absolute atomic E-state index is 12.0. The summed E-state index contributed by atoms with van der Waals surface area (Å²) in [6.07, 6.45) is 1.40. The molecule has 2 rings (SSSR count). The third kappa shape index (κ3) is 3.22. The number of benzene rings is 1. The van der Waals surface area contributed by atoms with Crippen LogP contribution in [0.3, 0.4) is 0 Å². The van der Waals surface area contributed by atoms with Crippen molar-refractivity contribution < 1.29 is 4.79 Å². The third-order valence-electron chi connectivity index (χ3n) is 2.32. The molecule has 6 heteroatoms. The molecule has 94 valence electrons. The molecule has 0 aliphatic carbocycles. The van der Waals surface area contributed by atoms with Gasteiger partial charge in [0.2, 0.25) is 0 Å². The van der Waals surface area contributed by atoms with E-state index in [9.17, 15) is 4.79 Å². The Morgan fingerprint density at radius 1 is 1.26 bits per heavy atom. The first-order chi connectivity index (χ1) is 9.10. The fraction of sp³-hybridized carbons (Fsp3) is 0. The number of nitriles is 1. The fourth-order valence-electron chi connectivity index (χ4n) is 1.42. The average Bonchev–Trinajstić information content (AvgIpc) is 2.42. The molecule has 0 radical (unpaired) electrons. The summed E-state index contributed by atoms with van der Waals surface area (Å²) >= 11 is 11.7. The Balaban J connectivity index is 2.23. The highest BCUT2D eigenvalue weighted by Crippen LogP contribution is 2.25. The summed E-state index contributed by atoms with van der Waals surface area (Å²) in [7, 11) is 0. The SMILES string of the molecule is N#Cc1cc(C(=O)Nc2ccc(Cl)cc2Cl)ccn1. The number of pyridine rings is 1. The van der Waals surface area contributed by atoms with Crippen LogP contribution in [0.1, 0.15) is 16.1 Å². The molecular formula is C13H7Cl2N3O. The Morgan fingerprint density at radius 3 is 2.74 bits per heavy atom. The van der Waals surface area contributed by atoms with Crippen molar-refractivity contribution in [2.45, 2.75) is 0 Å². The van der Waals surface area contributed by atoms with Crippen LogP contribution in [-0.2, 0) is 0 Å². The fourth-order valence-corrected chi connectivity index (χ4v) is 1.87. The van der Waals surface area contributed by atoms with E-state index in [4.69, 9.17) is 28.5 Å². The van der Waals surface area contributed by atoms with Crippen molar-refractivity contribution in [3.8, 4) is 6.07 Å². The van der Waals surface area contributed by atoms with E-state index in [0.717, 1.165) is 0 Å². The van der Waals surface area contributed by atoms with E-state index in [1.165, 1.54) is 24.4 Å². The lowest BCUT2D eigenvalue weighted by Gasteiger charge is -2.07. The van der Waals surface area contributed by atoms with Crippen molar-refractivity contribution >= 4 is 34.8 Å². The number of nitrogens with zero attached hydrogens (tertiary/aromatic N) is 2. The zero-order valence-corrected chi connectivity index (χ0v) is 11.0. The van der Waals surface area contributed by atoms with Gasteiger partial charge in [0.25, 0.3) is 5.91 Å². The highest BCUT2D eigenvalue weighted by Gasteiger charge is 2.09. The van der Waals surface area contributed by atoms with Crippen LogP contribution in [0.5, 0.6) is 0 Å². The molecule has 4 nitrogen and oxygen atoms in total. The second-order valence-corrected chi connectivity index (χ2v) is 4.46. The summed E-state index contributed by atoms with van der Waals surface area (Å²) < 4.78 is 0. The number of carbonyl (C=O) groups excluding carboxylic acids is 1. The number of nitrogens with one attached hydrogen (secondary N) is 1. The molecule has 0 unspecified atom stereocenters. The lowest BCUT2D eigenvalue weighted by atomic mass is 10.2. The molecule has 0 fully saturated rings. The predicted octanol–water partition coefficient (Wildman–Crippen LogP) is 3.51. The highest BCUT2D eigenvalue weighted by atomic mass is 35.5. The van der Waals surface area contributed by atoms with Crippen LogP contribution < -0.4 is 5.32 Å². The Morgan fingerprint density at radius 2 is 2.05 bits per heavy atom. The Labute approximate surface area is 119 Å². The molecule has 19 heavy (non-hydrogen) atoms. The minimum absolute atomic E-state index is 0.176. The van der Waals surface area contributed by atoms with E-state index in [0.29, 0.717) is 21.3 Å². The molecule has 0 spiro atoms. The maximum Gasteiger partial charge on any atom is 0.255 e. The molecule has 0 aliphatic heterocycles. The van der Waals surface area contributed by atoms with Gasteiger partial charge < -0.3 is 5.32 Å². The zero-order chi connectivity index (χ0) is 13.8. The van der Waals surface area contributed by atoms with Gasteiger partial charge in [0.05, 0.1) is 10.7 Å². The quantitative estimate of drug-likeness (QED) is 0.921. The van der Waals surface area contributed by atoms with Crippen LogP contribution in [-0.4, -0.2) is 10.9 Å². The van der Waals surface area contributed by atoms with E-state index in [1.807, 2.05) is 6.07 Å². The first-order valence-corrected chi connectivity index (χ1v) is 5.98. The zero-order valence-electron chi connectivity index (χ0n) is 9.52. The van der Waals surface area contributed by atoms with Gasteiger partial charge in [0, 0.05) is 16.8 Å². The Bertz CT molecular complexity index is 680. The van der Waals surface area contributed by atoms with Crippen molar-refractivity contribution in [2.75, 3.05) is 5.32 Å². The van der Waals surface area contributed by atoms with Crippen molar-refractivity contribution in [1.29, 1.82) is 5.26 Å². The van der Waals surface area contributed by atoms with Crippen LogP contribution in [0.4, 0.5) is 5.69 Å². The van der Waals surface area contributed by atoms with Gasteiger partial charge >= 0.3 is 0 Å². The van der Waals surface area contributed by atoms with Gasteiger partial charge in [-0.25, -0.2) is 4.98 Å². The number of hydrogen-bond donors (Lipinski definition) is 1.